The predicted octanol–water partition coefficient (Wildman–Crippen LogP) is 5.04. The van der Waals surface area contributed by atoms with Crippen LogP contribution < -0.4 is 16.0 Å². The van der Waals surface area contributed by atoms with Gasteiger partial charge in [0, 0.05) is 47.5 Å². The van der Waals surface area contributed by atoms with Gasteiger partial charge < -0.3 is 16.0 Å². The lowest BCUT2D eigenvalue weighted by molar-refractivity contribution is 0.554. The van der Waals surface area contributed by atoms with E-state index in [2.05, 4.69) is 51.7 Å². The summed E-state index contributed by atoms with van der Waals surface area (Å²) in [6.45, 7) is 14.3. The Hall–Kier alpha value is -3.88. The van der Waals surface area contributed by atoms with Crippen molar-refractivity contribution in [1.82, 2.24) is 29.9 Å². The summed E-state index contributed by atoms with van der Waals surface area (Å²) in [5.74, 6) is 3.61. The molecule has 0 radical (unpaired) electrons. The average molecular weight is 486 g/mol. The minimum Gasteiger partial charge on any atom is -0.367 e. The molecule has 4 aromatic rings. The second-order valence-electron chi connectivity index (χ2n) is 10.0. The van der Waals surface area contributed by atoms with Crippen molar-refractivity contribution in [3.05, 3.63) is 65.6 Å². The van der Waals surface area contributed by atoms with E-state index in [1.165, 1.54) is 0 Å². The minimum absolute atomic E-state index is 0.0522. The van der Waals surface area contributed by atoms with Crippen LogP contribution in [-0.2, 0) is 12.0 Å². The highest BCUT2D eigenvalue weighted by Gasteiger charge is 2.26. The van der Waals surface area contributed by atoms with Crippen molar-refractivity contribution in [1.29, 1.82) is 0 Å². The van der Waals surface area contributed by atoms with E-state index in [1.54, 1.807) is 6.20 Å². The van der Waals surface area contributed by atoms with Crippen molar-refractivity contribution in [2.45, 2.75) is 72.5 Å². The maximum atomic E-state index is 4.83. The molecule has 9 heteroatoms. The third kappa shape index (κ3) is 6.21. The summed E-state index contributed by atoms with van der Waals surface area (Å²) in [6.07, 6.45) is 2.39. The zero-order valence-electron chi connectivity index (χ0n) is 22.1. The number of nitrogens with zero attached hydrogens (tertiary/aromatic N) is 6. The van der Waals surface area contributed by atoms with E-state index in [4.69, 9.17) is 15.0 Å². The first-order chi connectivity index (χ1) is 17.1. The molecule has 0 spiro atoms. The van der Waals surface area contributed by atoms with Crippen molar-refractivity contribution < 1.29 is 0 Å². The summed E-state index contributed by atoms with van der Waals surface area (Å²) in [4.78, 5) is 27.9. The normalized spacial score (nSPS) is 12.6. The Labute approximate surface area is 212 Å². The molecule has 0 fully saturated rings. The van der Waals surface area contributed by atoms with Crippen LogP contribution in [0.3, 0.4) is 0 Å². The molecule has 0 bridgehead atoms. The van der Waals surface area contributed by atoms with Crippen molar-refractivity contribution in [3.63, 3.8) is 0 Å². The number of fused-ring (bicyclic) bond motifs is 1. The number of aryl methyl sites for hydroxylation is 2. The van der Waals surface area contributed by atoms with Gasteiger partial charge in [-0.3, -0.25) is 0 Å². The fourth-order valence-corrected chi connectivity index (χ4v) is 3.94. The molecule has 0 amide bonds. The summed E-state index contributed by atoms with van der Waals surface area (Å²) in [7, 11) is 0. The Morgan fingerprint density at radius 2 is 1.64 bits per heavy atom. The molecule has 4 rings (SSSR count). The smallest absolute Gasteiger partial charge is 0.223 e. The molecule has 1 unspecified atom stereocenters. The van der Waals surface area contributed by atoms with Gasteiger partial charge in [0.25, 0.3) is 0 Å². The van der Waals surface area contributed by atoms with Crippen LogP contribution in [0.5, 0.6) is 0 Å². The summed E-state index contributed by atoms with van der Waals surface area (Å²) in [5.41, 5.74) is 2.13. The standard InChI is InChI=1S/C27H35N9/c1-16(2)29-24-20-10-8-9-11-21(20)33-23(34-24)14-18(4)30-22-15-19(5)31-25(35-22)27(6,7)36-26-28-13-12-17(3)32-26/h8-13,15-16,18H,14H2,1-7H3,(H,28,32,36)(H,29,33,34)(H,30,31,35). The first-order valence-electron chi connectivity index (χ1n) is 12.3. The van der Waals surface area contributed by atoms with E-state index in [0.29, 0.717) is 18.2 Å². The monoisotopic (exact) mass is 485 g/mol. The molecule has 0 aliphatic carbocycles. The molecule has 1 aromatic carbocycles. The van der Waals surface area contributed by atoms with Crippen LogP contribution in [0.2, 0.25) is 0 Å². The third-order valence-electron chi connectivity index (χ3n) is 5.59. The first kappa shape index (κ1) is 25.2. The lowest BCUT2D eigenvalue weighted by atomic mass is 10.0. The number of benzene rings is 1. The van der Waals surface area contributed by atoms with Gasteiger partial charge in [-0.1, -0.05) is 12.1 Å². The third-order valence-corrected chi connectivity index (χ3v) is 5.59. The maximum absolute atomic E-state index is 4.83. The van der Waals surface area contributed by atoms with Crippen molar-refractivity contribution in [2.24, 2.45) is 0 Å². The fourth-order valence-electron chi connectivity index (χ4n) is 3.94. The minimum atomic E-state index is -0.571. The SMILES string of the molecule is Cc1ccnc(NC(C)(C)c2nc(C)cc(NC(C)Cc3nc(NC(C)C)c4ccccc4n3)n2)n1. The number of hydrogen-bond donors (Lipinski definition) is 3. The van der Waals surface area contributed by atoms with E-state index < -0.39 is 5.54 Å². The molecule has 0 saturated heterocycles. The molecular weight excluding hydrogens is 450 g/mol. The van der Waals surface area contributed by atoms with Gasteiger partial charge in [0.1, 0.15) is 17.5 Å². The zero-order valence-corrected chi connectivity index (χ0v) is 22.1. The molecule has 0 aliphatic rings. The molecule has 0 saturated carbocycles. The van der Waals surface area contributed by atoms with Gasteiger partial charge in [0.15, 0.2) is 5.82 Å². The van der Waals surface area contributed by atoms with Crippen LogP contribution in [0.1, 0.15) is 57.7 Å². The van der Waals surface area contributed by atoms with E-state index >= 15 is 0 Å². The Morgan fingerprint density at radius 1 is 0.861 bits per heavy atom. The number of rotatable bonds is 9. The van der Waals surface area contributed by atoms with Crippen LogP contribution in [-0.4, -0.2) is 42.0 Å². The molecular formula is C27H35N9. The topological polar surface area (TPSA) is 113 Å². The number of para-hydroxylation sites is 1. The maximum Gasteiger partial charge on any atom is 0.223 e. The van der Waals surface area contributed by atoms with E-state index in [9.17, 15) is 0 Å². The molecule has 9 nitrogen and oxygen atoms in total. The number of aromatic nitrogens is 6. The van der Waals surface area contributed by atoms with E-state index in [0.717, 1.165) is 39.8 Å². The Balaban J connectivity index is 1.53. The van der Waals surface area contributed by atoms with Gasteiger partial charge in [-0.15, -0.1) is 0 Å². The van der Waals surface area contributed by atoms with Crippen molar-refractivity contribution >= 4 is 28.5 Å². The first-order valence-corrected chi connectivity index (χ1v) is 12.3. The van der Waals surface area contributed by atoms with Gasteiger partial charge >= 0.3 is 0 Å². The Morgan fingerprint density at radius 3 is 2.39 bits per heavy atom. The van der Waals surface area contributed by atoms with Crippen molar-refractivity contribution in [2.75, 3.05) is 16.0 Å². The largest absolute Gasteiger partial charge is 0.367 e. The molecule has 36 heavy (non-hydrogen) atoms. The van der Waals surface area contributed by atoms with Gasteiger partial charge in [-0.2, -0.15) is 0 Å². The molecule has 0 aliphatic heterocycles. The van der Waals surface area contributed by atoms with Crippen molar-refractivity contribution in [3.8, 4) is 0 Å². The highest BCUT2D eigenvalue weighted by molar-refractivity contribution is 5.89. The van der Waals surface area contributed by atoms with Gasteiger partial charge in [-0.25, -0.2) is 29.9 Å². The Bertz CT molecular complexity index is 1350. The van der Waals surface area contributed by atoms with Gasteiger partial charge in [-0.05, 0) is 66.7 Å². The number of nitrogens with one attached hydrogen (secondary N) is 3. The number of anilines is 3. The van der Waals surface area contributed by atoms with Crippen LogP contribution in [0, 0.1) is 13.8 Å². The second kappa shape index (κ2) is 10.4. The van der Waals surface area contributed by atoms with E-state index in [-0.39, 0.29) is 12.1 Å². The van der Waals surface area contributed by atoms with E-state index in [1.807, 2.05) is 64.1 Å². The molecule has 3 aromatic heterocycles. The zero-order chi connectivity index (χ0) is 25.9. The highest BCUT2D eigenvalue weighted by Crippen LogP contribution is 2.24. The summed E-state index contributed by atoms with van der Waals surface area (Å²) < 4.78 is 0. The van der Waals surface area contributed by atoms with Crippen LogP contribution >= 0.6 is 0 Å². The lowest BCUT2D eigenvalue weighted by Crippen LogP contribution is -2.32. The quantitative estimate of drug-likeness (QED) is 0.300. The fraction of sp³-hybridized carbons (Fsp3) is 0.407. The average Bonchev–Trinajstić information content (AvgIpc) is 2.78. The predicted molar refractivity (Wildman–Crippen MR) is 145 cm³/mol. The lowest BCUT2D eigenvalue weighted by Gasteiger charge is -2.26. The van der Waals surface area contributed by atoms with Gasteiger partial charge in [0.2, 0.25) is 5.95 Å². The summed E-state index contributed by atoms with van der Waals surface area (Å²) >= 11 is 0. The molecule has 1 atom stereocenters. The van der Waals surface area contributed by atoms with Crippen LogP contribution in [0.25, 0.3) is 10.9 Å². The van der Waals surface area contributed by atoms with Gasteiger partial charge in [0.05, 0.1) is 11.1 Å². The summed E-state index contributed by atoms with van der Waals surface area (Å²) in [6, 6.07) is 12.2. The molecule has 3 heterocycles. The van der Waals surface area contributed by atoms with Crippen LogP contribution in [0.4, 0.5) is 17.6 Å². The second-order valence-corrected chi connectivity index (χ2v) is 10.0. The summed E-state index contributed by atoms with van der Waals surface area (Å²) in [5, 5.41) is 11.4. The number of hydrogen-bond acceptors (Lipinski definition) is 9. The molecule has 3 N–H and O–H groups in total. The molecule has 188 valence electrons. The Kier molecular flexibility index (Phi) is 7.28. The van der Waals surface area contributed by atoms with Crippen LogP contribution in [0.15, 0.2) is 42.6 Å². The highest BCUT2D eigenvalue weighted by atomic mass is 15.2.